The Balaban J connectivity index is 2.47. The van der Waals surface area contributed by atoms with Gasteiger partial charge in [-0.05, 0) is 37.7 Å². The summed E-state index contributed by atoms with van der Waals surface area (Å²) in [6.45, 7) is 2.04. The molecule has 0 spiro atoms. The van der Waals surface area contributed by atoms with E-state index in [9.17, 15) is 4.39 Å². The molecule has 0 aromatic heterocycles. The quantitative estimate of drug-likeness (QED) is 0.908. The van der Waals surface area contributed by atoms with Gasteiger partial charge in [0.25, 0.3) is 0 Å². The van der Waals surface area contributed by atoms with E-state index in [-0.39, 0.29) is 11.9 Å². The number of methoxy groups -OCH3 is 1. The van der Waals surface area contributed by atoms with Gasteiger partial charge in [0.1, 0.15) is 11.6 Å². The molecule has 0 amide bonds. The second-order valence-electron chi connectivity index (χ2n) is 4.52. The average molecular weight is 259 g/mol. The highest BCUT2D eigenvalue weighted by molar-refractivity contribution is 5.43. The summed E-state index contributed by atoms with van der Waals surface area (Å²) in [5.74, 6) is 0.601. The highest BCUT2D eigenvalue weighted by Gasteiger charge is 2.16. The van der Waals surface area contributed by atoms with E-state index in [1.165, 1.54) is 12.1 Å². The molecule has 0 bridgehead atoms. The fourth-order valence-electron chi connectivity index (χ4n) is 2.24. The van der Waals surface area contributed by atoms with Gasteiger partial charge in [0, 0.05) is 5.56 Å². The van der Waals surface area contributed by atoms with Crippen molar-refractivity contribution < 1.29 is 9.13 Å². The number of hydrogen-bond acceptors (Lipinski definition) is 2. The van der Waals surface area contributed by atoms with Crippen LogP contribution in [-0.4, -0.2) is 14.2 Å². The number of nitrogens with one attached hydrogen (secondary N) is 1. The Morgan fingerprint density at radius 3 is 2.37 bits per heavy atom. The lowest BCUT2D eigenvalue weighted by molar-refractivity contribution is 0.405. The second-order valence-corrected chi connectivity index (χ2v) is 4.52. The molecular formula is C16H18FNO. The van der Waals surface area contributed by atoms with E-state index in [2.05, 4.69) is 11.4 Å². The topological polar surface area (TPSA) is 21.3 Å². The van der Waals surface area contributed by atoms with Gasteiger partial charge in [-0.25, -0.2) is 4.39 Å². The maximum atomic E-state index is 13.0. The van der Waals surface area contributed by atoms with Gasteiger partial charge >= 0.3 is 0 Å². The summed E-state index contributed by atoms with van der Waals surface area (Å²) in [4.78, 5) is 0. The SMILES string of the molecule is CNC(c1ccc(F)cc1)c1cc(C)ccc1OC. The van der Waals surface area contributed by atoms with E-state index < -0.39 is 0 Å². The van der Waals surface area contributed by atoms with Crippen molar-refractivity contribution in [3.8, 4) is 5.75 Å². The molecule has 1 N–H and O–H groups in total. The van der Waals surface area contributed by atoms with Gasteiger partial charge in [0.2, 0.25) is 0 Å². The zero-order valence-corrected chi connectivity index (χ0v) is 11.4. The lowest BCUT2D eigenvalue weighted by Gasteiger charge is -2.20. The highest BCUT2D eigenvalue weighted by atomic mass is 19.1. The first-order valence-electron chi connectivity index (χ1n) is 6.23. The third-order valence-electron chi connectivity index (χ3n) is 3.19. The lowest BCUT2D eigenvalue weighted by atomic mass is 9.96. The predicted octanol–water partition coefficient (Wildman–Crippen LogP) is 3.45. The lowest BCUT2D eigenvalue weighted by Crippen LogP contribution is -2.18. The summed E-state index contributed by atoms with van der Waals surface area (Å²) in [5, 5.41) is 3.25. The molecule has 0 radical (unpaired) electrons. The maximum absolute atomic E-state index is 13.0. The third kappa shape index (κ3) is 2.93. The molecule has 0 aliphatic rings. The van der Waals surface area contributed by atoms with Crippen molar-refractivity contribution in [3.63, 3.8) is 0 Å². The Bertz CT molecular complexity index is 551. The van der Waals surface area contributed by atoms with E-state index in [0.717, 1.165) is 22.4 Å². The second kappa shape index (κ2) is 5.85. The molecule has 0 heterocycles. The molecule has 2 nitrogen and oxygen atoms in total. The minimum absolute atomic E-state index is 0.0181. The highest BCUT2D eigenvalue weighted by Crippen LogP contribution is 2.30. The summed E-state index contributed by atoms with van der Waals surface area (Å²) < 4.78 is 18.4. The molecule has 0 saturated carbocycles. The molecule has 0 aliphatic carbocycles. The first-order valence-corrected chi connectivity index (χ1v) is 6.23. The molecule has 0 aliphatic heterocycles. The van der Waals surface area contributed by atoms with Crippen LogP contribution in [0.1, 0.15) is 22.7 Å². The predicted molar refractivity (Wildman–Crippen MR) is 75.0 cm³/mol. The fraction of sp³-hybridized carbons (Fsp3) is 0.250. The number of rotatable bonds is 4. The van der Waals surface area contributed by atoms with E-state index >= 15 is 0 Å². The molecule has 2 rings (SSSR count). The van der Waals surface area contributed by atoms with Crippen molar-refractivity contribution in [1.82, 2.24) is 5.32 Å². The number of hydrogen-bond donors (Lipinski definition) is 1. The normalized spacial score (nSPS) is 12.2. The van der Waals surface area contributed by atoms with Crippen LogP contribution in [0, 0.1) is 12.7 Å². The summed E-state index contributed by atoms with van der Waals surface area (Å²) in [7, 11) is 3.54. The van der Waals surface area contributed by atoms with Gasteiger partial charge in [-0.2, -0.15) is 0 Å². The maximum Gasteiger partial charge on any atom is 0.123 e. The van der Waals surface area contributed by atoms with Crippen molar-refractivity contribution in [1.29, 1.82) is 0 Å². The minimum Gasteiger partial charge on any atom is -0.496 e. The standard InChI is InChI=1S/C16H18FNO/c1-11-4-9-15(19-3)14(10-11)16(18-2)12-5-7-13(17)8-6-12/h4-10,16,18H,1-3H3. The van der Waals surface area contributed by atoms with Crippen LogP contribution in [0.5, 0.6) is 5.75 Å². The van der Waals surface area contributed by atoms with Crippen molar-refractivity contribution in [3.05, 3.63) is 65.0 Å². The zero-order chi connectivity index (χ0) is 13.8. The summed E-state index contributed by atoms with van der Waals surface area (Å²) >= 11 is 0. The third-order valence-corrected chi connectivity index (χ3v) is 3.19. The molecule has 19 heavy (non-hydrogen) atoms. The van der Waals surface area contributed by atoms with Crippen molar-refractivity contribution in [2.75, 3.05) is 14.2 Å². The van der Waals surface area contributed by atoms with Crippen molar-refractivity contribution in [2.45, 2.75) is 13.0 Å². The van der Waals surface area contributed by atoms with E-state index in [4.69, 9.17) is 4.74 Å². The van der Waals surface area contributed by atoms with E-state index in [0.29, 0.717) is 0 Å². The number of halogens is 1. The molecular weight excluding hydrogens is 241 g/mol. The molecule has 0 saturated heterocycles. The van der Waals surface area contributed by atoms with Gasteiger partial charge < -0.3 is 10.1 Å². The Labute approximate surface area is 113 Å². The summed E-state index contributed by atoms with van der Waals surface area (Å²) in [6.07, 6.45) is 0. The van der Waals surface area contributed by atoms with Crippen LogP contribution in [0.15, 0.2) is 42.5 Å². The smallest absolute Gasteiger partial charge is 0.123 e. The van der Waals surface area contributed by atoms with E-state index in [1.54, 1.807) is 19.2 Å². The van der Waals surface area contributed by atoms with E-state index in [1.807, 2.05) is 26.1 Å². The van der Waals surface area contributed by atoms with Crippen molar-refractivity contribution in [2.24, 2.45) is 0 Å². The van der Waals surface area contributed by atoms with Gasteiger partial charge in [0.05, 0.1) is 13.2 Å². The molecule has 1 unspecified atom stereocenters. The van der Waals surface area contributed by atoms with Crippen molar-refractivity contribution >= 4 is 0 Å². The summed E-state index contributed by atoms with van der Waals surface area (Å²) in [6, 6.07) is 12.6. The molecule has 2 aromatic rings. The monoisotopic (exact) mass is 259 g/mol. The molecule has 2 aromatic carbocycles. The van der Waals surface area contributed by atoms with Gasteiger partial charge in [-0.3, -0.25) is 0 Å². The Kier molecular flexibility index (Phi) is 4.17. The first kappa shape index (κ1) is 13.6. The molecule has 0 fully saturated rings. The largest absolute Gasteiger partial charge is 0.496 e. The number of ether oxygens (including phenoxy) is 1. The van der Waals surface area contributed by atoms with Gasteiger partial charge in [-0.1, -0.05) is 29.8 Å². The first-order chi connectivity index (χ1) is 9.15. The van der Waals surface area contributed by atoms with Gasteiger partial charge in [-0.15, -0.1) is 0 Å². The Hall–Kier alpha value is -1.87. The molecule has 1 atom stereocenters. The zero-order valence-electron chi connectivity index (χ0n) is 11.4. The van der Waals surface area contributed by atoms with Crippen LogP contribution in [-0.2, 0) is 0 Å². The van der Waals surface area contributed by atoms with Crippen LogP contribution in [0.3, 0.4) is 0 Å². The van der Waals surface area contributed by atoms with Crippen LogP contribution < -0.4 is 10.1 Å². The van der Waals surface area contributed by atoms with Crippen LogP contribution in [0.2, 0.25) is 0 Å². The number of aryl methyl sites for hydroxylation is 1. The minimum atomic E-state index is -0.227. The Morgan fingerprint density at radius 2 is 1.79 bits per heavy atom. The number of benzene rings is 2. The van der Waals surface area contributed by atoms with Crippen LogP contribution in [0.4, 0.5) is 4.39 Å². The van der Waals surface area contributed by atoms with Crippen LogP contribution >= 0.6 is 0 Å². The Morgan fingerprint density at radius 1 is 1.11 bits per heavy atom. The summed E-state index contributed by atoms with van der Waals surface area (Å²) in [5.41, 5.74) is 3.22. The van der Waals surface area contributed by atoms with Gasteiger partial charge in [0.15, 0.2) is 0 Å². The fourth-order valence-corrected chi connectivity index (χ4v) is 2.24. The molecule has 3 heteroatoms. The molecule has 100 valence electrons. The van der Waals surface area contributed by atoms with Crippen LogP contribution in [0.25, 0.3) is 0 Å². The average Bonchev–Trinajstić information content (AvgIpc) is 2.42.